The number of nitrogens with one attached hydrogen (secondary N) is 1. The Labute approximate surface area is 155 Å². The van der Waals surface area contributed by atoms with E-state index >= 15 is 0 Å². The molecule has 0 atom stereocenters. The fourth-order valence-corrected chi connectivity index (χ4v) is 3.61. The number of pyridine rings is 1. The van der Waals surface area contributed by atoms with Crippen molar-refractivity contribution in [2.45, 2.75) is 4.90 Å². The first kappa shape index (κ1) is 17.9. The van der Waals surface area contributed by atoms with Gasteiger partial charge in [-0.05, 0) is 53.6 Å². The predicted molar refractivity (Wildman–Crippen MR) is 98.9 cm³/mol. The van der Waals surface area contributed by atoms with E-state index in [4.69, 9.17) is 11.6 Å². The van der Waals surface area contributed by atoms with Crippen LogP contribution in [0.3, 0.4) is 0 Å². The van der Waals surface area contributed by atoms with Crippen molar-refractivity contribution < 1.29 is 18.3 Å². The van der Waals surface area contributed by atoms with Crippen LogP contribution in [0.4, 0.5) is 5.69 Å². The van der Waals surface area contributed by atoms with E-state index in [-0.39, 0.29) is 21.2 Å². The van der Waals surface area contributed by atoms with Crippen LogP contribution in [0.25, 0.3) is 11.1 Å². The van der Waals surface area contributed by atoms with Crippen LogP contribution in [0.15, 0.2) is 71.9 Å². The Morgan fingerprint density at radius 2 is 1.58 bits per heavy atom. The Balaban J connectivity index is 1.91. The molecule has 0 saturated heterocycles. The number of sulfonamides is 1. The van der Waals surface area contributed by atoms with Gasteiger partial charge in [0.25, 0.3) is 10.0 Å². The molecule has 0 fully saturated rings. The molecule has 0 saturated carbocycles. The van der Waals surface area contributed by atoms with E-state index in [0.29, 0.717) is 0 Å². The molecule has 132 valence electrons. The maximum Gasteiger partial charge on any atom is 0.337 e. The number of anilines is 1. The summed E-state index contributed by atoms with van der Waals surface area (Å²) in [6.07, 6.45) is 3.30. The Hall–Kier alpha value is -2.90. The van der Waals surface area contributed by atoms with Crippen molar-refractivity contribution >= 4 is 33.3 Å². The highest BCUT2D eigenvalue weighted by Gasteiger charge is 2.19. The van der Waals surface area contributed by atoms with E-state index < -0.39 is 16.0 Å². The SMILES string of the molecule is O=C(O)c1cc(Cl)ccc1NS(=O)(=O)c1ccc(-c2ccncc2)cc1. The third kappa shape index (κ3) is 3.84. The van der Waals surface area contributed by atoms with Crippen molar-refractivity contribution in [3.8, 4) is 11.1 Å². The summed E-state index contributed by atoms with van der Waals surface area (Å²) in [5.41, 5.74) is 1.46. The minimum atomic E-state index is -3.95. The number of carbonyl (C=O) groups is 1. The van der Waals surface area contributed by atoms with Gasteiger partial charge in [-0.3, -0.25) is 9.71 Å². The number of nitrogens with zero attached hydrogens (tertiary/aromatic N) is 1. The van der Waals surface area contributed by atoms with Crippen molar-refractivity contribution in [2.24, 2.45) is 0 Å². The van der Waals surface area contributed by atoms with Gasteiger partial charge in [-0.1, -0.05) is 23.7 Å². The first-order valence-corrected chi connectivity index (χ1v) is 9.29. The van der Waals surface area contributed by atoms with Gasteiger partial charge < -0.3 is 5.11 Å². The Bertz CT molecular complexity index is 1050. The molecule has 0 bridgehead atoms. The smallest absolute Gasteiger partial charge is 0.337 e. The zero-order valence-corrected chi connectivity index (χ0v) is 14.8. The molecule has 6 nitrogen and oxygen atoms in total. The fourth-order valence-electron chi connectivity index (χ4n) is 2.36. The summed E-state index contributed by atoms with van der Waals surface area (Å²) in [4.78, 5) is 15.3. The number of carboxylic acid groups (broad SMARTS) is 1. The summed E-state index contributed by atoms with van der Waals surface area (Å²) in [5.74, 6) is -1.28. The van der Waals surface area contributed by atoms with Crippen molar-refractivity contribution in [2.75, 3.05) is 4.72 Å². The van der Waals surface area contributed by atoms with Crippen LogP contribution in [-0.4, -0.2) is 24.5 Å². The van der Waals surface area contributed by atoms with Crippen molar-refractivity contribution in [3.05, 3.63) is 77.6 Å². The lowest BCUT2D eigenvalue weighted by atomic mass is 10.1. The summed E-state index contributed by atoms with van der Waals surface area (Å²) in [6, 6.07) is 13.8. The first-order valence-electron chi connectivity index (χ1n) is 7.43. The Morgan fingerprint density at radius 1 is 0.962 bits per heavy atom. The molecule has 8 heteroatoms. The van der Waals surface area contributed by atoms with E-state index in [1.54, 1.807) is 24.5 Å². The van der Waals surface area contributed by atoms with Crippen molar-refractivity contribution in [3.63, 3.8) is 0 Å². The van der Waals surface area contributed by atoms with E-state index in [0.717, 1.165) is 11.1 Å². The standard InChI is InChI=1S/C18H13ClN2O4S/c19-14-3-6-17(16(11-14)18(22)23)21-26(24,25)15-4-1-12(2-5-15)13-7-9-20-10-8-13/h1-11,21H,(H,22,23). The number of hydrogen-bond donors (Lipinski definition) is 2. The van der Waals surface area contributed by atoms with E-state index in [1.165, 1.54) is 30.3 Å². The minimum Gasteiger partial charge on any atom is -0.478 e. The normalized spacial score (nSPS) is 11.1. The highest BCUT2D eigenvalue weighted by molar-refractivity contribution is 7.92. The molecular formula is C18H13ClN2O4S. The van der Waals surface area contributed by atoms with Crippen LogP contribution < -0.4 is 4.72 Å². The van der Waals surface area contributed by atoms with Gasteiger partial charge in [0.1, 0.15) is 0 Å². The lowest BCUT2D eigenvalue weighted by Gasteiger charge is -2.11. The largest absolute Gasteiger partial charge is 0.478 e. The van der Waals surface area contributed by atoms with E-state index in [1.807, 2.05) is 12.1 Å². The molecule has 0 radical (unpaired) electrons. The second-order valence-corrected chi connectivity index (χ2v) is 7.48. The van der Waals surface area contributed by atoms with Gasteiger partial charge in [0, 0.05) is 17.4 Å². The summed E-state index contributed by atoms with van der Waals surface area (Å²) in [5, 5.41) is 9.42. The fraction of sp³-hybridized carbons (Fsp3) is 0. The molecule has 3 rings (SSSR count). The summed E-state index contributed by atoms with van der Waals surface area (Å²) in [6.45, 7) is 0. The van der Waals surface area contributed by atoms with E-state index in [9.17, 15) is 18.3 Å². The van der Waals surface area contributed by atoms with Crippen LogP contribution >= 0.6 is 11.6 Å². The number of carboxylic acids is 1. The van der Waals surface area contributed by atoms with Gasteiger partial charge in [0.15, 0.2) is 0 Å². The van der Waals surface area contributed by atoms with Gasteiger partial charge in [-0.15, -0.1) is 0 Å². The average Bonchev–Trinajstić information content (AvgIpc) is 2.64. The topological polar surface area (TPSA) is 96.4 Å². The number of rotatable bonds is 5. The van der Waals surface area contributed by atoms with Crippen LogP contribution in [-0.2, 0) is 10.0 Å². The second-order valence-electron chi connectivity index (χ2n) is 5.36. The Morgan fingerprint density at radius 3 is 2.19 bits per heavy atom. The lowest BCUT2D eigenvalue weighted by molar-refractivity contribution is 0.0698. The average molecular weight is 389 g/mol. The van der Waals surface area contributed by atoms with E-state index in [2.05, 4.69) is 9.71 Å². The number of hydrogen-bond acceptors (Lipinski definition) is 4. The second kappa shape index (κ2) is 7.15. The molecule has 3 aromatic rings. The molecule has 0 spiro atoms. The third-order valence-electron chi connectivity index (χ3n) is 3.63. The van der Waals surface area contributed by atoms with Gasteiger partial charge in [0.05, 0.1) is 16.1 Å². The van der Waals surface area contributed by atoms with Gasteiger partial charge >= 0.3 is 5.97 Å². The summed E-state index contributed by atoms with van der Waals surface area (Å²) >= 11 is 5.78. The van der Waals surface area contributed by atoms with Crippen molar-refractivity contribution in [1.82, 2.24) is 4.98 Å². The highest BCUT2D eigenvalue weighted by Crippen LogP contribution is 2.25. The third-order valence-corrected chi connectivity index (χ3v) is 5.25. The molecule has 0 aliphatic heterocycles. The molecule has 1 aromatic heterocycles. The molecule has 0 aliphatic carbocycles. The lowest BCUT2D eigenvalue weighted by Crippen LogP contribution is -2.15. The maximum atomic E-state index is 12.6. The highest BCUT2D eigenvalue weighted by atomic mass is 35.5. The minimum absolute atomic E-state index is 0.0154. The van der Waals surface area contributed by atoms with Gasteiger partial charge in [0.2, 0.25) is 0 Å². The number of aromatic carboxylic acids is 1. The number of benzene rings is 2. The molecule has 2 aromatic carbocycles. The first-order chi connectivity index (χ1) is 12.4. The van der Waals surface area contributed by atoms with Crippen molar-refractivity contribution in [1.29, 1.82) is 0 Å². The molecule has 2 N–H and O–H groups in total. The number of halogens is 1. The summed E-state index contributed by atoms with van der Waals surface area (Å²) in [7, 11) is -3.95. The summed E-state index contributed by atoms with van der Waals surface area (Å²) < 4.78 is 27.4. The van der Waals surface area contributed by atoms with Crippen LogP contribution in [0.5, 0.6) is 0 Å². The quantitative estimate of drug-likeness (QED) is 0.690. The molecule has 1 heterocycles. The maximum absolute atomic E-state index is 12.6. The van der Waals surface area contributed by atoms with Crippen LogP contribution in [0.2, 0.25) is 5.02 Å². The zero-order valence-electron chi connectivity index (χ0n) is 13.3. The molecule has 0 amide bonds. The Kier molecular flexibility index (Phi) is 4.92. The monoisotopic (exact) mass is 388 g/mol. The van der Waals surface area contributed by atoms with Gasteiger partial charge in [-0.2, -0.15) is 0 Å². The number of aromatic nitrogens is 1. The van der Waals surface area contributed by atoms with Crippen LogP contribution in [0.1, 0.15) is 10.4 Å². The molecule has 0 unspecified atom stereocenters. The molecule has 26 heavy (non-hydrogen) atoms. The molecule has 0 aliphatic rings. The zero-order chi connectivity index (χ0) is 18.7. The predicted octanol–water partition coefficient (Wildman–Crippen LogP) is 3.90. The van der Waals surface area contributed by atoms with Crippen LogP contribution in [0, 0.1) is 0 Å². The molecular weight excluding hydrogens is 376 g/mol. The van der Waals surface area contributed by atoms with Gasteiger partial charge in [-0.25, -0.2) is 13.2 Å².